The van der Waals surface area contributed by atoms with Crippen molar-refractivity contribution in [2.45, 2.75) is 26.7 Å². The summed E-state index contributed by atoms with van der Waals surface area (Å²) in [4.78, 5) is 20.4. The second-order valence-corrected chi connectivity index (χ2v) is 2.78. The van der Waals surface area contributed by atoms with Gasteiger partial charge in [-0.05, 0) is 25.8 Å². The SMILES string of the molecule is CC(C)=CCC=C(C=O)CC=O. The Morgan fingerprint density at radius 2 is 1.83 bits per heavy atom. The topological polar surface area (TPSA) is 34.1 Å². The molecule has 0 heterocycles. The molecule has 0 aromatic carbocycles. The molecule has 0 fully saturated rings. The maximum absolute atomic E-state index is 10.3. The lowest BCUT2D eigenvalue weighted by Gasteiger charge is -1.90. The molecule has 12 heavy (non-hydrogen) atoms. The largest absolute Gasteiger partial charge is 0.303 e. The van der Waals surface area contributed by atoms with E-state index in [4.69, 9.17) is 0 Å². The molecule has 0 spiro atoms. The number of carbonyl (C=O) groups excluding carboxylic acids is 2. The Morgan fingerprint density at radius 1 is 1.17 bits per heavy atom. The van der Waals surface area contributed by atoms with E-state index >= 15 is 0 Å². The summed E-state index contributed by atoms with van der Waals surface area (Å²) in [6.45, 7) is 3.99. The minimum absolute atomic E-state index is 0.222. The predicted octanol–water partition coefficient (Wildman–Crippen LogP) is 2.06. The summed E-state index contributed by atoms with van der Waals surface area (Å²) >= 11 is 0. The first-order valence-electron chi connectivity index (χ1n) is 3.92. The second-order valence-electron chi connectivity index (χ2n) is 2.78. The van der Waals surface area contributed by atoms with Gasteiger partial charge in [0.15, 0.2) is 0 Å². The van der Waals surface area contributed by atoms with Gasteiger partial charge in [0, 0.05) is 6.42 Å². The molecule has 0 aliphatic heterocycles. The van der Waals surface area contributed by atoms with E-state index in [1.54, 1.807) is 6.08 Å². The van der Waals surface area contributed by atoms with Gasteiger partial charge in [-0.25, -0.2) is 0 Å². The Bertz CT molecular complexity index is 208. The van der Waals surface area contributed by atoms with E-state index in [0.29, 0.717) is 5.57 Å². The van der Waals surface area contributed by atoms with Crippen LogP contribution in [0.5, 0.6) is 0 Å². The van der Waals surface area contributed by atoms with Gasteiger partial charge in [-0.15, -0.1) is 0 Å². The van der Waals surface area contributed by atoms with Gasteiger partial charge in [0.2, 0.25) is 0 Å². The highest BCUT2D eigenvalue weighted by Crippen LogP contribution is 2.00. The molecule has 0 amide bonds. The highest BCUT2D eigenvalue weighted by Gasteiger charge is 1.91. The summed E-state index contributed by atoms with van der Waals surface area (Å²) in [5.74, 6) is 0. The van der Waals surface area contributed by atoms with Crippen molar-refractivity contribution in [3.05, 3.63) is 23.3 Å². The third-order valence-electron chi connectivity index (χ3n) is 1.38. The minimum Gasteiger partial charge on any atom is -0.303 e. The quantitative estimate of drug-likeness (QED) is 0.356. The Kier molecular flexibility index (Phi) is 5.88. The Balaban J connectivity index is 4.02. The van der Waals surface area contributed by atoms with Crippen molar-refractivity contribution < 1.29 is 9.59 Å². The Labute approximate surface area is 73.0 Å². The van der Waals surface area contributed by atoms with Gasteiger partial charge in [-0.2, -0.15) is 0 Å². The fourth-order valence-corrected chi connectivity index (χ4v) is 0.722. The van der Waals surface area contributed by atoms with Crippen LogP contribution in [0.1, 0.15) is 26.7 Å². The molecule has 0 aliphatic carbocycles. The number of hydrogen-bond donors (Lipinski definition) is 0. The maximum Gasteiger partial charge on any atom is 0.146 e. The summed E-state index contributed by atoms with van der Waals surface area (Å²) in [6.07, 6.45) is 6.20. The second kappa shape index (κ2) is 6.53. The third kappa shape index (κ3) is 5.59. The van der Waals surface area contributed by atoms with Crippen LogP contribution in [0.15, 0.2) is 23.3 Å². The molecular formula is C10H14O2. The van der Waals surface area contributed by atoms with Crippen LogP contribution < -0.4 is 0 Å². The van der Waals surface area contributed by atoms with Gasteiger partial charge in [0.05, 0.1) is 0 Å². The van der Waals surface area contributed by atoms with Crippen LogP contribution in [-0.4, -0.2) is 12.6 Å². The van der Waals surface area contributed by atoms with Crippen molar-refractivity contribution in [1.82, 2.24) is 0 Å². The molecular weight excluding hydrogens is 152 g/mol. The van der Waals surface area contributed by atoms with Crippen LogP contribution in [0.2, 0.25) is 0 Å². The van der Waals surface area contributed by atoms with Gasteiger partial charge < -0.3 is 4.79 Å². The van der Waals surface area contributed by atoms with Crippen LogP contribution in [-0.2, 0) is 9.59 Å². The van der Waals surface area contributed by atoms with Crippen molar-refractivity contribution in [1.29, 1.82) is 0 Å². The van der Waals surface area contributed by atoms with E-state index in [9.17, 15) is 9.59 Å². The van der Waals surface area contributed by atoms with E-state index in [1.807, 2.05) is 19.9 Å². The van der Waals surface area contributed by atoms with E-state index in [-0.39, 0.29) is 6.42 Å². The van der Waals surface area contributed by atoms with Crippen LogP contribution in [0.3, 0.4) is 0 Å². The molecule has 0 rings (SSSR count). The van der Waals surface area contributed by atoms with Crippen molar-refractivity contribution in [3.63, 3.8) is 0 Å². The zero-order chi connectivity index (χ0) is 9.40. The van der Waals surface area contributed by atoms with Crippen molar-refractivity contribution in [2.75, 3.05) is 0 Å². The summed E-state index contributed by atoms with van der Waals surface area (Å²) < 4.78 is 0. The van der Waals surface area contributed by atoms with Crippen molar-refractivity contribution >= 4 is 12.6 Å². The Hall–Kier alpha value is -1.18. The molecule has 66 valence electrons. The van der Waals surface area contributed by atoms with E-state index in [2.05, 4.69) is 0 Å². The molecule has 0 unspecified atom stereocenters. The molecule has 0 saturated carbocycles. The summed E-state index contributed by atoms with van der Waals surface area (Å²) in [5.41, 5.74) is 1.77. The molecule has 2 heteroatoms. The standard InChI is InChI=1S/C10H14O2/c1-9(2)4-3-5-10(8-12)6-7-11/h4-5,7-8H,3,6H2,1-2H3. The number of aldehydes is 2. The Morgan fingerprint density at radius 3 is 2.25 bits per heavy atom. The summed E-state index contributed by atoms with van der Waals surface area (Å²) in [7, 11) is 0. The van der Waals surface area contributed by atoms with Crippen LogP contribution in [0.25, 0.3) is 0 Å². The minimum atomic E-state index is 0.222. The van der Waals surface area contributed by atoms with Crippen molar-refractivity contribution in [3.8, 4) is 0 Å². The number of carbonyl (C=O) groups is 2. The molecule has 0 bridgehead atoms. The number of rotatable bonds is 5. The third-order valence-corrected chi connectivity index (χ3v) is 1.38. The number of allylic oxidation sites excluding steroid dienone is 4. The molecule has 0 aliphatic rings. The van der Waals surface area contributed by atoms with Crippen LogP contribution in [0, 0.1) is 0 Å². The molecule has 0 N–H and O–H groups in total. The van der Waals surface area contributed by atoms with E-state index < -0.39 is 0 Å². The van der Waals surface area contributed by atoms with Crippen LogP contribution in [0.4, 0.5) is 0 Å². The molecule has 2 nitrogen and oxygen atoms in total. The molecule has 0 saturated heterocycles. The molecule has 0 atom stereocenters. The van der Waals surface area contributed by atoms with E-state index in [0.717, 1.165) is 19.0 Å². The number of hydrogen-bond acceptors (Lipinski definition) is 2. The highest BCUT2D eigenvalue weighted by atomic mass is 16.1. The fourth-order valence-electron chi connectivity index (χ4n) is 0.722. The first-order chi connectivity index (χ1) is 5.70. The average molecular weight is 166 g/mol. The van der Waals surface area contributed by atoms with Gasteiger partial charge in [-0.1, -0.05) is 17.7 Å². The predicted molar refractivity (Wildman–Crippen MR) is 48.9 cm³/mol. The smallest absolute Gasteiger partial charge is 0.146 e. The van der Waals surface area contributed by atoms with Gasteiger partial charge in [0.25, 0.3) is 0 Å². The zero-order valence-electron chi connectivity index (χ0n) is 7.54. The van der Waals surface area contributed by atoms with E-state index in [1.165, 1.54) is 5.57 Å². The lowest BCUT2D eigenvalue weighted by Crippen LogP contribution is -1.85. The lowest BCUT2D eigenvalue weighted by atomic mass is 10.1. The van der Waals surface area contributed by atoms with Gasteiger partial charge >= 0.3 is 0 Å². The first-order valence-corrected chi connectivity index (χ1v) is 3.92. The maximum atomic E-state index is 10.3. The zero-order valence-corrected chi connectivity index (χ0v) is 7.54. The fraction of sp³-hybridized carbons (Fsp3) is 0.400. The summed E-state index contributed by atoms with van der Waals surface area (Å²) in [6, 6.07) is 0. The monoisotopic (exact) mass is 166 g/mol. The molecule has 0 aromatic rings. The lowest BCUT2D eigenvalue weighted by molar-refractivity contribution is -0.109. The first kappa shape index (κ1) is 10.8. The average Bonchev–Trinajstić information content (AvgIpc) is 2.02. The van der Waals surface area contributed by atoms with Crippen molar-refractivity contribution in [2.24, 2.45) is 0 Å². The normalized spacial score (nSPS) is 10.7. The highest BCUT2D eigenvalue weighted by molar-refractivity contribution is 5.78. The van der Waals surface area contributed by atoms with Gasteiger partial charge in [-0.3, -0.25) is 4.79 Å². The summed E-state index contributed by atoms with van der Waals surface area (Å²) in [5, 5.41) is 0. The molecule has 0 radical (unpaired) electrons. The van der Waals surface area contributed by atoms with Gasteiger partial charge in [0.1, 0.15) is 12.6 Å². The van der Waals surface area contributed by atoms with Crippen LogP contribution >= 0.6 is 0 Å². The molecule has 0 aromatic heterocycles.